The van der Waals surface area contributed by atoms with Crippen LogP contribution in [-0.2, 0) is 0 Å². The number of nitrogens with zero attached hydrogens (tertiary/aromatic N) is 1. The van der Waals surface area contributed by atoms with Crippen LogP contribution in [0.3, 0.4) is 0 Å². The Morgan fingerprint density at radius 3 is 2.71 bits per heavy atom. The van der Waals surface area contributed by atoms with Gasteiger partial charge in [0.15, 0.2) is 5.01 Å². The van der Waals surface area contributed by atoms with Crippen LogP contribution >= 0.6 is 11.3 Å². The highest BCUT2D eigenvalue weighted by Crippen LogP contribution is 2.27. The summed E-state index contributed by atoms with van der Waals surface area (Å²) in [6.07, 6.45) is 1.68. The Hall–Kier alpha value is -2.09. The van der Waals surface area contributed by atoms with Crippen LogP contribution < -0.4 is 11.1 Å². The first-order chi connectivity index (χ1) is 9.78. The molecule has 0 aliphatic carbocycles. The van der Waals surface area contributed by atoms with E-state index in [9.17, 15) is 18.0 Å². The zero-order valence-electron chi connectivity index (χ0n) is 11.2. The Morgan fingerprint density at radius 2 is 2.19 bits per heavy atom. The third-order valence-corrected chi connectivity index (χ3v) is 3.51. The standard InChI is InChI=1S/C13H14F3N3OS/c1-3-9(5-4-6-17)10-8(2)19-12(21-10)11(20)18-7-13(14,15)16/h3-6H,1,7,17H2,2H3,(H,18,20)/b6-4-,9-5+. The number of allylic oxidation sites excluding steroid dienone is 4. The van der Waals surface area contributed by atoms with Crippen molar-refractivity contribution in [3.63, 3.8) is 0 Å². The fourth-order valence-corrected chi connectivity index (χ4v) is 2.42. The molecule has 21 heavy (non-hydrogen) atoms. The molecule has 0 radical (unpaired) electrons. The molecule has 8 heteroatoms. The lowest BCUT2D eigenvalue weighted by molar-refractivity contribution is -0.123. The maximum Gasteiger partial charge on any atom is 0.405 e. The molecule has 0 atom stereocenters. The van der Waals surface area contributed by atoms with Crippen LogP contribution in [0.5, 0.6) is 0 Å². The second-order valence-corrected chi connectivity index (χ2v) is 4.94. The van der Waals surface area contributed by atoms with E-state index >= 15 is 0 Å². The fourth-order valence-electron chi connectivity index (χ4n) is 1.41. The summed E-state index contributed by atoms with van der Waals surface area (Å²) in [5.41, 5.74) is 6.46. The Bertz CT molecular complexity index is 588. The van der Waals surface area contributed by atoms with Crippen LogP contribution in [0.25, 0.3) is 5.57 Å². The van der Waals surface area contributed by atoms with Crippen LogP contribution in [0.15, 0.2) is 31.0 Å². The quantitative estimate of drug-likeness (QED) is 0.821. The van der Waals surface area contributed by atoms with Crippen molar-refractivity contribution in [2.24, 2.45) is 5.73 Å². The Kier molecular flexibility index (Phi) is 5.71. The van der Waals surface area contributed by atoms with Crippen molar-refractivity contribution in [1.29, 1.82) is 0 Å². The minimum absolute atomic E-state index is 0.0313. The molecular formula is C13H14F3N3OS. The summed E-state index contributed by atoms with van der Waals surface area (Å²) in [6.45, 7) is 3.91. The van der Waals surface area contributed by atoms with Gasteiger partial charge in [0.25, 0.3) is 5.91 Å². The largest absolute Gasteiger partial charge is 0.405 e. The molecule has 0 spiro atoms. The second-order valence-electron chi connectivity index (χ2n) is 3.94. The summed E-state index contributed by atoms with van der Waals surface area (Å²) < 4.78 is 36.2. The number of hydrogen-bond acceptors (Lipinski definition) is 4. The van der Waals surface area contributed by atoms with Gasteiger partial charge in [-0.05, 0) is 24.8 Å². The zero-order chi connectivity index (χ0) is 16.0. The summed E-state index contributed by atoms with van der Waals surface area (Å²) in [5, 5.41) is 1.75. The van der Waals surface area contributed by atoms with Gasteiger partial charge in [0.1, 0.15) is 6.54 Å². The van der Waals surface area contributed by atoms with Crippen molar-refractivity contribution in [3.05, 3.63) is 46.6 Å². The smallest absolute Gasteiger partial charge is 0.405 e. The van der Waals surface area contributed by atoms with Gasteiger partial charge in [0, 0.05) is 0 Å². The van der Waals surface area contributed by atoms with E-state index in [0.717, 1.165) is 11.3 Å². The lowest BCUT2D eigenvalue weighted by Crippen LogP contribution is -2.33. The van der Waals surface area contributed by atoms with Crippen molar-refractivity contribution in [2.75, 3.05) is 6.54 Å². The molecule has 114 valence electrons. The molecule has 1 amide bonds. The molecule has 1 aromatic heterocycles. The monoisotopic (exact) mass is 317 g/mol. The lowest BCUT2D eigenvalue weighted by Gasteiger charge is -2.06. The average Bonchev–Trinajstić information content (AvgIpc) is 2.78. The molecule has 1 heterocycles. The molecular weight excluding hydrogens is 303 g/mol. The molecule has 0 aromatic carbocycles. The number of amides is 1. The topological polar surface area (TPSA) is 68.0 Å². The van der Waals surface area contributed by atoms with E-state index in [1.807, 2.05) is 0 Å². The predicted octanol–water partition coefficient (Wildman–Crippen LogP) is 2.79. The highest BCUT2D eigenvalue weighted by atomic mass is 32.1. The van der Waals surface area contributed by atoms with Gasteiger partial charge in [-0.2, -0.15) is 13.2 Å². The van der Waals surface area contributed by atoms with E-state index in [1.165, 1.54) is 6.20 Å². The van der Waals surface area contributed by atoms with Crippen molar-refractivity contribution >= 4 is 22.8 Å². The summed E-state index contributed by atoms with van der Waals surface area (Å²) in [4.78, 5) is 16.3. The molecule has 0 aliphatic heterocycles. The second kappa shape index (κ2) is 7.07. The third kappa shape index (κ3) is 5.07. The number of thiazole rings is 1. The van der Waals surface area contributed by atoms with Gasteiger partial charge in [-0.3, -0.25) is 4.79 Å². The number of carbonyl (C=O) groups is 1. The first-order valence-electron chi connectivity index (χ1n) is 5.82. The third-order valence-electron chi connectivity index (χ3n) is 2.31. The summed E-state index contributed by atoms with van der Waals surface area (Å²) in [6, 6.07) is 0. The van der Waals surface area contributed by atoms with E-state index < -0.39 is 18.6 Å². The summed E-state index contributed by atoms with van der Waals surface area (Å²) in [7, 11) is 0. The van der Waals surface area contributed by atoms with Gasteiger partial charge < -0.3 is 11.1 Å². The minimum Gasteiger partial charge on any atom is -0.405 e. The van der Waals surface area contributed by atoms with E-state index in [2.05, 4.69) is 11.6 Å². The molecule has 0 aliphatic rings. The van der Waals surface area contributed by atoms with Gasteiger partial charge in [-0.15, -0.1) is 11.3 Å². The number of hydrogen-bond donors (Lipinski definition) is 2. The van der Waals surface area contributed by atoms with Crippen molar-refractivity contribution < 1.29 is 18.0 Å². The molecule has 1 rings (SSSR count). The van der Waals surface area contributed by atoms with Crippen molar-refractivity contribution in [2.45, 2.75) is 13.1 Å². The van der Waals surface area contributed by atoms with Gasteiger partial charge in [0.2, 0.25) is 0 Å². The van der Waals surface area contributed by atoms with E-state index in [0.29, 0.717) is 16.1 Å². The number of rotatable bonds is 5. The van der Waals surface area contributed by atoms with Crippen LogP contribution in [-0.4, -0.2) is 23.6 Å². The summed E-state index contributed by atoms with van der Waals surface area (Å²) in [5.74, 6) is -0.857. The minimum atomic E-state index is -4.46. The van der Waals surface area contributed by atoms with Crippen molar-refractivity contribution in [1.82, 2.24) is 10.3 Å². The normalized spacial score (nSPS) is 12.7. The molecule has 4 nitrogen and oxygen atoms in total. The van der Waals surface area contributed by atoms with E-state index in [1.54, 1.807) is 30.5 Å². The van der Waals surface area contributed by atoms with Gasteiger partial charge in [-0.1, -0.05) is 18.7 Å². The number of nitrogens with one attached hydrogen (secondary N) is 1. The Morgan fingerprint density at radius 1 is 1.52 bits per heavy atom. The molecule has 1 aromatic rings. The number of halogens is 3. The van der Waals surface area contributed by atoms with Gasteiger partial charge >= 0.3 is 6.18 Å². The van der Waals surface area contributed by atoms with Gasteiger partial charge in [0.05, 0.1) is 10.6 Å². The van der Waals surface area contributed by atoms with Crippen LogP contribution in [0.1, 0.15) is 20.4 Å². The summed E-state index contributed by atoms with van der Waals surface area (Å²) >= 11 is 0.997. The maximum atomic E-state index is 12.1. The maximum absolute atomic E-state index is 12.1. The zero-order valence-corrected chi connectivity index (χ0v) is 12.0. The first-order valence-corrected chi connectivity index (χ1v) is 6.64. The van der Waals surface area contributed by atoms with Crippen molar-refractivity contribution in [3.8, 4) is 0 Å². The molecule has 0 saturated carbocycles. The first kappa shape index (κ1) is 17.0. The number of carbonyl (C=O) groups excluding carboxylic acids is 1. The number of alkyl halides is 3. The fraction of sp³-hybridized carbons (Fsp3) is 0.231. The van der Waals surface area contributed by atoms with E-state index in [-0.39, 0.29) is 5.01 Å². The van der Waals surface area contributed by atoms with Crippen LogP contribution in [0.4, 0.5) is 13.2 Å². The molecule has 0 fully saturated rings. The average molecular weight is 317 g/mol. The predicted molar refractivity (Wildman–Crippen MR) is 76.7 cm³/mol. The molecule has 3 N–H and O–H groups in total. The molecule has 0 saturated heterocycles. The van der Waals surface area contributed by atoms with E-state index in [4.69, 9.17) is 5.73 Å². The lowest BCUT2D eigenvalue weighted by atomic mass is 10.2. The number of aryl methyl sites for hydroxylation is 1. The molecule has 0 unspecified atom stereocenters. The Labute approximate surface area is 123 Å². The Balaban J connectivity index is 2.96. The SMILES string of the molecule is C=C/C(=C\C=C/N)c1sc(C(=O)NCC(F)(F)F)nc1C. The molecule has 0 bridgehead atoms. The van der Waals surface area contributed by atoms with Gasteiger partial charge in [-0.25, -0.2) is 4.98 Å². The number of aromatic nitrogens is 1. The highest BCUT2D eigenvalue weighted by Gasteiger charge is 2.28. The van der Waals surface area contributed by atoms with Crippen LogP contribution in [0.2, 0.25) is 0 Å². The number of nitrogens with two attached hydrogens (primary N) is 1. The van der Waals surface area contributed by atoms with Crippen LogP contribution in [0, 0.1) is 6.92 Å². The highest BCUT2D eigenvalue weighted by molar-refractivity contribution is 7.14.